The maximum Gasteiger partial charge on any atom is 0.191 e. The molecule has 0 bridgehead atoms. The van der Waals surface area contributed by atoms with Gasteiger partial charge in [-0.2, -0.15) is 0 Å². The highest BCUT2D eigenvalue weighted by molar-refractivity contribution is 14.0. The molecule has 0 saturated heterocycles. The van der Waals surface area contributed by atoms with Crippen LogP contribution in [-0.4, -0.2) is 24.5 Å². The van der Waals surface area contributed by atoms with Crippen LogP contribution in [0.25, 0.3) is 0 Å². The zero-order chi connectivity index (χ0) is 15.8. The van der Waals surface area contributed by atoms with Gasteiger partial charge in [0, 0.05) is 19.0 Å². The Bertz CT molecular complexity index is 630. The molecule has 7 heteroatoms. The van der Waals surface area contributed by atoms with Gasteiger partial charge >= 0.3 is 0 Å². The Hall–Kier alpha value is -1.22. The summed E-state index contributed by atoms with van der Waals surface area (Å²) in [6.45, 7) is 3.35. The summed E-state index contributed by atoms with van der Waals surface area (Å²) in [5, 5.41) is 9.59. The molecule has 2 rings (SSSR count). The maximum absolute atomic E-state index is 13.5. The van der Waals surface area contributed by atoms with Crippen molar-refractivity contribution in [2.75, 3.05) is 13.6 Å². The topological polar surface area (TPSA) is 49.3 Å². The molecule has 2 N–H and O–H groups in total. The van der Waals surface area contributed by atoms with Crippen molar-refractivity contribution < 1.29 is 4.39 Å². The number of halogens is 2. The third kappa shape index (κ3) is 6.42. The minimum absolute atomic E-state index is 0. The molecule has 126 valence electrons. The third-order valence-corrected chi connectivity index (χ3v) is 4.25. The van der Waals surface area contributed by atoms with Crippen molar-refractivity contribution in [1.82, 2.24) is 15.6 Å². The smallest absolute Gasteiger partial charge is 0.191 e. The zero-order valence-electron chi connectivity index (χ0n) is 13.3. The van der Waals surface area contributed by atoms with Crippen LogP contribution in [-0.2, 0) is 19.4 Å². The van der Waals surface area contributed by atoms with E-state index in [0.717, 1.165) is 17.1 Å². The summed E-state index contributed by atoms with van der Waals surface area (Å²) in [5.74, 6) is 0.532. The van der Waals surface area contributed by atoms with Crippen LogP contribution >= 0.6 is 35.3 Å². The van der Waals surface area contributed by atoms with Gasteiger partial charge in [-0.3, -0.25) is 4.99 Å². The zero-order valence-corrected chi connectivity index (χ0v) is 16.5. The van der Waals surface area contributed by atoms with Gasteiger partial charge < -0.3 is 10.6 Å². The van der Waals surface area contributed by atoms with Crippen LogP contribution in [0.15, 0.2) is 34.6 Å². The number of rotatable bonds is 6. The normalized spacial score (nSPS) is 11.0. The molecule has 1 heterocycles. The average molecular weight is 448 g/mol. The molecule has 0 atom stereocenters. The second kappa shape index (κ2) is 10.5. The Balaban J connectivity index is 0.00000264. The summed E-state index contributed by atoms with van der Waals surface area (Å²) in [5.41, 5.74) is 1.72. The third-order valence-electron chi connectivity index (χ3n) is 3.21. The second-order valence-corrected chi connectivity index (χ2v) is 5.72. The number of aromatic nitrogens is 1. The minimum Gasteiger partial charge on any atom is -0.356 e. The molecule has 0 fully saturated rings. The first-order chi connectivity index (χ1) is 10.7. The van der Waals surface area contributed by atoms with Gasteiger partial charge in [-0.25, -0.2) is 9.37 Å². The van der Waals surface area contributed by atoms with E-state index in [4.69, 9.17) is 0 Å². The van der Waals surface area contributed by atoms with Crippen LogP contribution in [0.1, 0.15) is 23.2 Å². The lowest BCUT2D eigenvalue weighted by molar-refractivity contribution is 0.606. The highest BCUT2D eigenvalue weighted by Gasteiger charge is 2.04. The largest absolute Gasteiger partial charge is 0.356 e. The van der Waals surface area contributed by atoms with Crippen molar-refractivity contribution in [3.63, 3.8) is 0 Å². The quantitative estimate of drug-likeness (QED) is 0.405. The summed E-state index contributed by atoms with van der Waals surface area (Å²) in [7, 11) is 1.72. The fourth-order valence-corrected chi connectivity index (χ4v) is 2.75. The van der Waals surface area contributed by atoms with Crippen LogP contribution in [0.4, 0.5) is 4.39 Å². The Labute approximate surface area is 157 Å². The fourth-order valence-electron chi connectivity index (χ4n) is 2.00. The Morgan fingerprint density at radius 3 is 2.74 bits per heavy atom. The van der Waals surface area contributed by atoms with Gasteiger partial charge in [0.05, 0.1) is 17.2 Å². The molecule has 23 heavy (non-hydrogen) atoms. The van der Waals surface area contributed by atoms with Crippen molar-refractivity contribution >= 4 is 41.3 Å². The molecule has 0 aliphatic heterocycles. The van der Waals surface area contributed by atoms with E-state index in [0.29, 0.717) is 31.0 Å². The lowest BCUT2D eigenvalue weighted by Crippen LogP contribution is -2.38. The Morgan fingerprint density at radius 2 is 2.09 bits per heavy atom. The summed E-state index contributed by atoms with van der Waals surface area (Å²) >= 11 is 1.67. The molecule has 0 aliphatic rings. The van der Waals surface area contributed by atoms with Gasteiger partial charge in [0.2, 0.25) is 0 Å². The fraction of sp³-hybridized carbons (Fsp3) is 0.375. The van der Waals surface area contributed by atoms with Crippen molar-refractivity contribution in [1.29, 1.82) is 0 Å². The van der Waals surface area contributed by atoms with Gasteiger partial charge in [-0.1, -0.05) is 25.1 Å². The number of benzene rings is 1. The highest BCUT2D eigenvalue weighted by atomic mass is 127. The Morgan fingerprint density at radius 1 is 1.30 bits per heavy atom. The summed E-state index contributed by atoms with van der Waals surface area (Å²) in [6, 6.07) is 6.83. The molecule has 0 spiro atoms. The van der Waals surface area contributed by atoms with Crippen molar-refractivity contribution in [2.45, 2.75) is 26.3 Å². The van der Waals surface area contributed by atoms with E-state index in [1.807, 2.05) is 6.07 Å². The van der Waals surface area contributed by atoms with Crippen LogP contribution < -0.4 is 10.6 Å². The Kier molecular flexibility index (Phi) is 9.08. The van der Waals surface area contributed by atoms with Crippen LogP contribution in [0.3, 0.4) is 0 Å². The van der Waals surface area contributed by atoms with E-state index >= 15 is 0 Å². The molecule has 0 amide bonds. The lowest BCUT2D eigenvalue weighted by Gasteiger charge is -2.11. The number of thiazole rings is 1. The number of nitrogens with zero attached hydrogens (tertiary/aromatic N) is 2. The molecule has 0 saturated carbocycles. The predicted molar refractivity (Wildman–Crippen MR) is 105 cm³/mol. The van der Waals surface area contributed by atoms with Gasteiger partial charge in [0.15, 0.2) is 5.96 Å². The van der Waals surface area contributed by atoms with Crippen LogP contribution in [0, 0.1) is 5.82 Å². The number of hydrogen-bond donors (Lipinski definition) is 2. The number of aliphatic imine (C=N–C) groups is 1. The molecule has 2 aromatic rings. The molecular weight excluding hydrogens is 426 g/mol. The number of nitrogens with one attached hydrogen (secondary N) is 2. The predicted octanol–water partition coefficient (Wildman–Crippen LogP) is 3.37. The molecule has 0 aliphatic carbocycles. The van der Waals surface area contributed by atoms with Crippen molar-refractivity contribution in [3.05, 3.63) is 51.7 Å². The number of hydrogen-bond acceptors (Lipinski definition) is 3. The summed E-state index contributed by atoms with van der Waals surface area (Å²) in [6.07, 6.45) is 1.57. The SMILES string of the molecule is CCc1nc(CNC(=NC)NCCc2ccccc2F)cs1.I. The molecule has 1 aromatic heterocycles. The van der Waals surface area contributed by atoms with Gasteiger partial charge in [-0.15, -0.1) is 35.3 Å². The number of aryl methyl sites for hydroxylation is 1. The lowest BCUT2D eigenvalue weighted by atomic mass is 10.1. The first kappa shape index (κ1) is 19.8. The average Bonchev–Trinajstić information content (AvgIpc) is 3.00. The summed E-state index contributed by atoms with van der Waals surface area (Å²) < 4.78 is 13.5. The van der Waals surface area contributed by atoms with Gasteiger partial charge in [0.1, 0.15) is 5.82 Å². The standard InChI is InChI=1S/C16H21FN4S.HI/c1-3-15-21-13(11-22-15)10-20-16(18-2)19-9-8-12-6-4-5-7-14(12)17;/h4-7,11H,3,8-10H2,1-2H3,(H2,18,19,20);1H. The summed E-state index contributed by atoms with van der Waals surface area (Å²) in [4.78, 5) is 8.66. The van der Waals surface area contributed by atoms with E-state index in [-0.39, 0.29) is 29.8 Å². The first-order valence-corrected chi connectivity index (χ1v) is 8.22. The monoisotopic (exact) mass is 448 g/mol. The molecule has 4 nitrogen and oxygen atoms in total. The number of guanidine groups is 1. The van der Waals surface area contributed by atoms with Gasteiger partial charge in [0.25, 0.3) is 0 Å². The van der Waals surface area contributed by atoms with Gasteiger partial charge in [-0.05, 0) is 24.5 Å². The molecule has 0 unspecified atom stereocenters. The van der Waals surface area contributed by atoms with Crippen molar-refractivity contribution in [3.8, 4) is 0 Å². The molecule has 0 radical (unpaired) electrons. The van der Waals surface area contributed by atoms with E-state index < -0.39 is 0 Å². The van der Waals surface area contributed by atoms with Crippen molar-refractivity contribution in [2.24, 2.45) is 4.99 Å². The van der Waals surface area contributed by atoms with E-state index in [1.165, 1.54) is 6.07 Å². The first-order valence-electron chi connectivity index (χ1n) is 7.34. The van der Waals surface area contributed by atoms with E-state index in [1.54, 1.807) is 30.5 Å². The second-order valence-electron chi connectivity index (χ2n) is 4.78. The maximum atomic E-state index is 13.5. The van der Waals surface area contributed by atoms with Crippen LogP contribution in [0.5, 0.6) is 0 Å². The minimum atomic E-state index is -0.165. The van der Waals surface area contributed by atoms with Crippen LogP contribution in [0.2, 0.25) is 0 Å². The highest BCUT2D eigenvalue weighted by Crippen LogP contribution is 2.09. The molecule has 1 aromatic carbocycles. The molecular formula is C16H22FIN4S. The van der Waals surface area contributed by atoms with E-state index in [2.05, 4.69) is 32.9 Å². The van der Waals surface area contributed by atoms with E-state index in [9.17, 15) is 4.39 Å².